The molecule has 1 atom stereocenters. The third-order valence-corrected chi connectivity index (χ3v) is 4.05. The van der Waals surface area contributed by atoms with E-state index in [0.29, 0.717) is 6.61 Å². The second-order valence-corrected chi connectivity index (χ2v) is 5.51. The number of alkyl halides is 1. The second kappa shape index (κ2) is 7.01. The van der Waals surface area contributed by atoms with Gasteiger partial charge in [0.2, 0.25) is 0 Å². The van der Waals surface area contributed by atoms with Crippen molar-refractivity contribution in [3.05, 3.63) is 35.9 Å². The van der Waals surface area contributed by atoms with Crippen LogP contribution >= 0.6 is 0 Å². The van der Waals surface area contributed by atoms with Gasteiger partial charge in [-0.3, -0.25) is 0 Å². The minimum Gasteiger partial charge on any atom is -0.393 e. The van der Waals surface area contributed by atoms with Crippen molar-refractivity contribution in [1.82, 2.24) is 0 Å². The summed E-state index contributed by atoms with van der Waals surface area (Å²) in [4.78, 5) is 0. The molecule has 0 aromatic heterocycles. The molecule has 3 heteroatoms. The lowest BCUT2D eigenvalue weighted by atomic mass is 9.78. The number of ether oxygens (including phenoxy) is 1. The summed E-state index contributed by atoms with van der Waals surface area (Å²) in [6, 6.07) is 9.74. The Morgan fingerprint density at radius 3 is 2.47 bits per heavy atom. The summed E-state index contributed by atoms with van der Waals surface area (Å²) < 4.78 is 20.2. The van der Waals surface area contributed by atoms with Crippen LogP contribution in [-0.4, -0.2) is 24.0 Å². The third kappa shape index (κ3) is 4.02. The first kappa shape index (κ1) is 14.5. The lowest BCUT2D eigenvalue weighted by molar-refractivity contribution is -0.0699. The van der Waals surface area contributed by atoms with E-state index >= 15 is 0 Å². The Bertz CT molecular complexity index is 362. The molecule has 106 valence electrons. The molecule has 0 heterocycles. The van der Waals surface area contributed by atoms with E-state index in [1.54, 1.807) is 0 Å². The van der Waals surface area contributed by atoms with Gasteiger partial charge in [0.05, 0.1) is 19.8 Å². The second-order valence-electron chi connectivity index (χ2n) is 5.51. The molecule has 0 spiro atoms. The zero-order valence-corrected chi connectivity index (χ0v) is 11.4. The lowest BCUT2D eigenvalue weighted by Crippen LogP contribution is -2.42. The molecule has 1 N–H and O–H groups in total. The van der Waals surface area contributed by atoms with E-state index in [1.165, 1.54) is 6.42 Å². The Labute approximate surface area is 114 Å². The van der Waals surface area contributed by atoms with Crippen LogP contribution in [0.5, 0.6) is 0 Å². The van der Waals surface area contributed by atoms with E-state index in [9.17, 15) is 9.50 Å². The molecular weight excluding hydrogens is 243 g/mol. The predicted molar refractivity (Wildman–Crippen MR) is 73.6 cm³/mol. The largest absolute Gasteiger partial charge is 0.393 e. The summed E-state index contributed by atoms with van der Waals surface area (Å²) >= 11 is 0. The summed E-state index contributed by atoms with van der Waals surface area (Å²) in [7, 11) is 0. The van der Waals surface area contributed by atoms with Crippen LogP contribution < -0.4 is 0 Å². The maximum Gasteiger partial charge on any atom is 0.159 e. The number of hydrogen-bond donors (Lipinski definition) is 1. The molecule has 1 aliphatic rings. The lowest BCUT2D eigenvalue weighted by Gasteiger charge is -2.34. The van der Waals surface area contributed by atoms with Crippen molar-refractivity contribution in [2.45, 2.75) is 44.4 Å². The molecule has 19 heavy (non-hydrogen) atoms. The molecule has 1 saturated carbocycles. The van der Waals surface area contributed by atoms with Gasteiger partial charge in [0.25, 0.3) is 0 Å². The van der Waals surface area contributed by atoms with Crippen molar-refractivity contribution in [2.24, 2.45) is 5.92 Å². The first-order valence-electron chi connectivity index (χ1n) is 7.16. The Hall–Kier alpha value is -0.930. The van der Waals surface area contributed by atoms with Crippen LogP contribution in [0.2, 0.25) is 0 Å². The first-order valence-corrected chi connectivity index (χ1v) is 7.16. The van der Waals surface area contributed by atoms with Gasteiger partial charge in [0.15, 0.2) is 5.67 Å². The zero-order valence-electron chi connectivity index (χ0n) is 11.4. The summed E-state index contributed by atoms with van der Waals surface area (Å²) in [5, 5.41) is 9.38. The van der Waals surface area contributed by atoms with E-state index in [0.717, 1.165) is 31.2 Å². The van der Waals surface area contributed by atoms with Gasteiger partial charge >= 0.3 is 0 Å². The van der Waals surface area contributed by atoms with Crippen LogP contribution in [0.1, 0.15) is 37.7 Å². The van der Waals surface area contributed by atoms with Crippen molar-refractivity contribution in [3.8, 4) is 0 Å². The number of aliphatic hydroxyl groups excluding tert-OH is 1. The van der Waals surface area contributed by atoms with Crippen molar-refractivity contribution in [2.75, 3.05) is 13.2 Å². The number of halogens is 1. The van der Waals surface area contributed by atoms with Gasteiger partial charge in [-0.15, -0.1) is 0 Å². The van der Waals surface area contributed by atoms with Gasteiger partial charge in [0, 0.05) is 0 Å². The van der Waals surface area contributed by atoms with E-state index in [-0.39, 0.29) is 12.5 Å². The molecule has 0 bridgehead atoms. The normalized spacial score (nSPS) is 20.1. The van der Waals surface area contributed by atoms with E-state index in [4.69, 9.17) is 4.74 Å². The summed E-state index contributed by atoms with van der Waals surface area (Å²) in [5.74, 6) is -0.0537. The first-order chi connectivity index (χ1) is 9.24. The molecule has 2 rings (SSSR count). The molecule has 0 amide bonds. The Kier molecular flexibility index (Phi) is 5.34. The highest BCUT2D eigenvalue weighted by atomic mass is 19.1. The summed E-state index contributed by atoms with van der Waals surface area (Å²) in [6.45, 7) is -0.0469. The molecule has 1 aliphatic carbocycles. The standard InChI is InChI=1S/C16H23FO2/c17-16(12-18,15-9-5-2-6-10-15)13-19-11-14-7-3-1-4-8-14/h1,3-4,7-8,15,18H,2,5-6,9-13H2/t16-/m0/s1. The molecule has 1 fully saturated rings. The highest BCUT2D eigenvalue weighted by molar-refractivity contribution is 5.13. The van der Waals surface area contributed by atoms with Gasteiger partial charge in [-0.2, -0.15) is 0 Å². The molecular formula is C16H23FO2. The SMILES string of the molecule is OC[C@](F)(COCc1ccccc1)C1CCCCC1. The predicted octanol–water partition coefficient (Wildman–Crippen LogP) is 3.48. The van der Waals surface area contributed by atoms with E-state index < -0.39 is 12.3 Å². The topological polar surface area (TPSA) is 29.5 Å². The van der Waals surface area contributed by atoms with Gasteiger partial charge in [-0.05, 0) is 24.3 Å². The van der Waals surface area contributed by atoms with E-state index in [1.807, 2.05) is 30.3 Å². The maximum atomic E-state index is 14.7. The number of hydrogen-bond acceptors (Lipinski definition) is 2. The quantitative estimate of drug-likeness (QED) is 0.854. The molecule has 2 nitrogen and oxygen atoms in total. The molecule has 0 aliphatic heterocycles. The minimum absolute atomic E-state index is 0.0109. The average Bonchev–Trinajstić information content (AvgIpc) is 2.49. The number of aliphatic hydroxyl groups is 1. The Morgan fingerprint density at radius 2 is 1.84 bits per heavy atom. The minimum atomic E-state index is -1.57. The van der Waals surface area contributed by atoms with Crippen LogP contribution in [0.25, 0.3) is 0 Å². The number of benzene rings is 1. The zero-order chi connectivity index (χ0) is 13.6. The maximum absolute atomic E-state index is 14.7. The van der Waals surface area contributed by atoms with Crippen LogP contribution in [0, 0.1) is 5.92 Å². The number of rotatable bonds is 6. The average molecular weight is 266 g/mol. The smallest absolute Gasteiger partial charge is 0.159 e. The molecule has 0 unspecified atom stereocenters. The van der Waals surface area contributed by atoms with Crippen LogP contribution in [0.15, 0.2) is 30.3 Å². The van der Waals surface area contributed by atoms with Gasteiger partial charge in [-0.25, -0.2) is 4.39 Å². The van der Waals surface area contributed by atoms with Crippen LogP contribution in [0.3, 0.4) is 0 Å². The Morgan fingerprint density at radius 1 is 1.16 bits per heavy atom. The van der Waals surface area contributed by atoms with Crippen molar-refractivity contribution >= 4 is 0 Å². The molecule has 1 aromatic rings. The highest BCUT2D eigenvalue weighted by Gasteiger charge is 2.39. The van der Waals surface area contributed by atoms with Crippen LogP contribution in [-0.2, 0) is 11.3 Å². The fourth-order valence-electron chi connectivity index (χ4n) is 2.83. The monoisotopic (exact) mass is 266 g/mol. The fourth-order valence-corrected chi connectivity index (χ4v) is 2.83. The third-order valence-electron chi connectivity index (χ3n) is 4.05. The molecule has 0 radical (unpaired) electrons. The van der Waals surface area contributed by atoms with E-state index in [2.05, 4.69) is 0 Å². The molecule has 0 saturated heterocycles. The summed E-state index contributed by atoms with van der Waals surface area (Å²) in [6.07, 6.45) is 5.05. The Balaban J connectivity index is 1.84. The van der Waals surface area contributed by atoms with Gasteiger partial charge < -0.3 is 9.84 Å². The fraction of sp³-hybridized carbons (Fsp3) is 0.625. The van der Waals surface area contributed by atoms with Gasteiger partial charge in [-0.1, -0.05) is 49.6 Å². The van der Waals surface area contributed by atoms with Crippen LogP contribution in [0.4, 0.5) is 4.39 Å². The van der Waals surface area contributed by atoms with Crippen molar-refractivity contribution in [3.63, 3.8) is 0 Å². The summed E-state index contributed by atoms with van der Waals surface area (Å²) in [5.41, 5.74) is -0.540. The highest BCUT2D eigenvalue weighted by Crippen LogP contribution is 2.35. The van der Waals surface area contributed by atoms with Gasteiger partial charge in [0.1, 0.15) is 0 Å². The van der Waals surface area contributed by atoms with Crippen molar-refractivity contribution < 1.29 is 14.2 Å². The molecule has 1 aromatic carbocycles. The van der Waals surface area contributed by atoms with Crippen molar-refractivity contribution in [1.29, 1.82) is 0 Å².